The van der Waals surface area contributed by atoms with Crippen LogP contribution in [0.3, 0.4) is 0 Å². The van der Waals surface area contributed by atoms with E-state index in [1.54, 1.807) is 0 Å². The SMILES string of the molecule is C[C@@H](N)Cc1c2c(c(CO)c3c1OCC3)OCC2. The van der Waals surface area contributed by atoms with Gasteiger partial charge in [0.15, 0.2) is 0 Å². The summed E-state index contributed by atoms with van der Waals surface area (Å²) in [5.41, 5.74) is 10.4. The molecule has 0 spiro atoms. The number of benzene rings is 1. The highest BCUT2D eigenvalue weighted by atomic mass is 16.5. The zero-order valence-corrected chi connectivity index (χ0v) is 10.7. The predicted molar refractivity (Wildman–Crippen MR) is 68.1 cm³/mol. The fraction of sp³-hybridized carbons (Fsp3) is 0.571. The van der Waals surface area contributed by atoms with Crippen molar-refractivity contribution >= 4 is 0 Å². The molecule has 4 nitrogen and oxygen atoms in total. The van der Waals surface area contributed by atoms with Crippen LogP contribution >= 0.6 is 0 Å². The molecular weight excluding hydrogens is 230 g/mol. The Hall–Kier alpha value is -1.26. The molecule has 2 aliphatic heterocycles. The van der Waals surface area contributed by atoms with E-state index in [1.807, 2.05) is 6.92 Å². The zero-order valence-electron chi connectivity index (χ0n) is 10.7. The van der Waals surface area contributed by atoms with Crippen LogP contribution in [-0.4, -0.2) is 24.4 Å². The number of ether oxygens (including phenoxy) is 2. The smallest absolute Gasteiger partial charge is 0.128 e. The molecular formula is C14H19NO3. The Morgan fingerprint density at radius 2 is 1.67 bits per heavy atom. The number of hydrogen-bond acceptors (Lipinski definition) is 4. The number of fused-ring (bicyclic) bond motifs is 2. The van der Waals surface area contributed by atoms with Gasteiger partial charge in [-0.1, -0.05) is 0 Å². The van der Waals surface area contributed by atoms with Crippen LogP contribution in [0.2, 0.25) is 0 Å². The molecule has 0 radical (unpaired) electrons. The summed E-state index contributed by atoms with van der Waals surface area (Å²) in [6.07, 6.45) is 2.55. The lowest BCUT2D eigenvalue weighted by atomic mass is 9.91. The summed E-state index contributed by atoms with van der Waals surface area (Å²) in [6, 6.07) is 0.1000. The molecule has 1 aromatic carbocycles. The van der Waals surface area contributed by atoms with Crippen LogP contribution in [0.25, 0.3) is 0 Å². The normalized spacial score (nSPS) is 17.9. The highest BCUT2D eigenvalue weighted by Crippen LogP contribution is 2.44. The van der Waals surface area contributed by atoms with Gasteiger partial charge in [-0.2, -0.15) is 0 Å². The summed E-state index contributed by atoms with van der Waals surface area (Å²) in [5, 5.41) is 9.58. The maximum atomic E-state index is 9.58. The third kappa shape index (κ3) is 1.68. The van der Waals surface area contributed by atoms with Gasteiger partial charge in [0.1, 0.15) is 11.5 Å². The van der Waals surface area contributed by atoms with Crippen molar-refractivity contribution in [2.45, 2.75) is 38.8 Å². The molecule has 0 unspecified atom stereocenters. The molecule has 0 fully saturated rings. The highest BCUT2D eigenvalue weighted by molar-refractivity contribution is 5.62. The number of nitrogens with two attached hydrogens (primary N) is 1. The van der Waals surface area contributed by atoms with E-state index in [2.05, 4.69) is 0 Å². The first kappa shape index (κ1) is 11.8. The molecule has 0 saturated carbocycles. The molecule has 4 heteroatoms. The van der Waals surface area contributed by atoms with E-state index in [1.165, 1.54) is 11.1 Å². The van der Waals surface area contributed by atoms with Crippen LogP contribution < -0.4 is 15.2 Å². The maximum absolute atomic E-state index is 9.58. The topological polar surface area (TPSA) is 64.7 Å². The van der Waals surface area contributed by atoms with Gasteiger partial charge in [0.2, 0.25) is 0 Å². The third-order valence-corrected chi connectivity index (χ3v) is 3.71. The van der Waals surface area contributed by atoms with Crippen molar-refractivity contribution in [2.24, 2.45) is 5.73 Å². The van der Waals surface area contributed by atoms with Crippen LogP contribution in [0, 0.1) is 0 Å². The number of aliphatic hydroxyl groups is 1. The molecule has 98 valence electrons. The van der Waals surface area contributed by atoms with Crippen LogP contribution in [0.1, 0.15) is 29.2 Å². The van der Waals surface area contributed by atoms with Crippen LogP contribution in [0.15, 0.2) is 0 Å². The molecule has 2 heterocycles. The second-order valence-electron chi connectivity index (χ2n) is 5.11. The minimum atomic E-state index is 0.0203. The van der Waals surface area contributed by atoms with E-state index >= 15 is 0 Å². The predicted octanol–water partition coefficient (Wildman–Crippen LogP) is 0.938. The fourth-order valence-electron chi connectivity index (χ4n) is 3.01. The average Bonchev–Trinajstić information content (AvgIpc) is 2.96. The van der Waals surface area contributed by atoms with Crippen molar-refractivity contribution in [3.05, 3.63) is 22.3 Å². The molecule has 18 heavy (non-hydrogen) atoms. The van der Waals surface area contributed by atoms with Gasteiger partial charge < -0.3 is 20.3 Å². The van der Waals surface area contributed by atoms with Gasteiger partial charge in [0.05, 0.1) is 19.8 Å². The van der Waals surface area contributed by atoms with E-state index in [0.717, 1.165) is 41.9 Å². The van der Waals surface area contributed by atoms with E-state index < -0.39 is 0 Å². The fourth-order valence-corrected chi connectivity index (χ4v) is 3.01. The summed E-state index contributed by atoms with van der Waals surface area (Å²) in [7, 11) is 0. The van der Waals surface area contributed by atoms with Gasteiger partial charge in [0.25, 0.3) is 0 Å². The van der Waals surface area contributed by atoms with E-state index in [-0.39, 0.29) is 12.6 Å². The molecule has 3 N–H and O–H groups in total. The van der Waals surface area contributed by atoms with Crippen LogP contribution in [0.5, 0.6) is 11.5 Å². The van der Waals surface area contributed by atoms with Crippen molar-refractivity contribution < 1.29 is 14.6 Å². The minimum absolute atomic E-state index is 0.0203. The van der Waals surface area contributed by atoms with Gasteiger partial charge >= 0.3 is 0 Å². The van der Waals surface area contributed by atoms with Crippen molar-refractivity contribution in [1.29, 1.82) is 0 Å². The highest BCUT2D eigenvalue weighted by Gasteiger charge is 2.30. The molecule has 0 bridgehead atoms. The largest absolute Gasteiger partial charge is 0.493 e. The molecule has 1 aromatic rings. The first-order valence-electron chi connectivity index (χ1n) is 6.53. The molecule has 3 rings (SSSR count). The Bertz CT molecular complexity index is 447. The van der Waals surface area contributed by atoms with E-state index in [9.17, 15) is 5.11 Å². The zero-order chi connectivity index (χ0) is 12.7. The standard InChI is InChI=1S/C14H19NO3/c1-8(15)6-11-9-2-4-18-14(9)12(7-16)10-3-5-17-13(10)11/h8,16H,2-7,15H2,1H3/t8-/m1/s1. The van der Waals surface area contributed by atoms with Crippen molar-refractivity contribution in [3.8, 4) is 11.5 Å². The van der Waals surface area contributed by atoms with E-state index in [4.69, 9.17) is 15.2 Å². The van der Waals surface area contributed by atoms with Crippen LogP contribution in [0.4, 0.5) is 0 Å². The summed E-state index contributed by atoms with van der Waals surface area (Å²) >= 11 is 0. The van der Waals surface area contributed by atoms with Crippen molar-refractivity contribution in [1.82, 2.24) is 0 Å². The minimum Gasteiger partial charge on any atom is -0.493 e. The molecule has 0 amide bonds. The van der Waals surface area contributed by atoms with Gasteiger partial charge in [-0.15, -0.1) is 0 Å². The Morgan fingerprint density at radius 1 is 1.11 bits per heavy atom. The summed E-state index contributed by atoms with van der Waals surface area (Å²) in [5.74, 6) is 1.85. The monoisotopic (exact) mass is 249 g/mol. The summed E-state index contributed by atoms with van der Waals surface area (Å²) < 4.78 is 11.5. The van der Waals surface area contributed by atoms with Crippen molar-refractivity contribution in [2.75, 3.05) is 13.2 Å². The lowest BCUT2D eigenvalue weighted by Crippen LogP contribution is -2.19. The van der Waals surface area contributed by atoms with E-state index in [0.29, 0.717) is 13.2 Å². The maximum Gasteiger partial charge on any atom is 0.128 e. The molecule has 1 atom stereocenters. The molecule has 0 saturated heterocycles. The number of hydrogen-bond donors (Lipinski definition) is 2. The van der Waals surface area contributed by atoms with Crippen molar-refractivity contribution in [3.63, 3.8) is 0 Å². The van der Waals surface area contributed by atoms with Gasteiger partial charge in [0, 0.05) is 41.1 Å². The van der Waals surface area contributed by atoms with Gasteiger partial charge in [-0.05, 0) is 13.3 Å². The Balaban J connectivity index is 2.20. The van der Waals surface area contributed by atoms with Gasteiger partial charge in [-0.3, -0.25) is 0 Å². The molecule has 0 aromatic heterocycles. The Kier molecular flexibility index (Phi) is 2.92. The third-order valence-electron chi connectivity index (χ3n) is 3.71. The molecule has 2 aliphatic rings. The lowest BCUT2D eigenvalue weighted by Gasteiger charge is -2.17. The summed E-state index contributed by atoms with van der Waals surface area (Å²) in [4.78, 5) is 0. The average molecular weight is 249 g/mol. The van der Waals surface area contributed by atoms with Gasteiger partial charge in [-0.25, -0.2) is 0 Å². The number of rotatable bonds is 3. The van der Waals surface area contributed by atoms with Crippen LogP contribution in [-0.2, 0) is 25.9 Å². The Labute approximate surface area is 107 Å². The molecule has 0 aliphatic carbocycles. The number of aliphatic hydroxyl groups excluding tert-OH is 1. The lowest BCUT2D eigenvalue weighted by molar-refractivity contribution is 0.269. The second kappa shape index (κ2) is 4.44. The summed E-state index contributed by atoms with van der Waals surface area (Å²) in [6.45, 7) is 3.41. The quantitative estimate of drug-likeness (QED) is 0.836. The Morgan fingerprint density at radius 3 is 2.22 bits per heavy atom. The second-order valence-corrected chi connectivity index (χ2v) is 5.11. The first-order chi connectivity index (χ1) is 8.72. The first-order valence-corrected chi connectivity index (χ1v) is 6.53.